The van der Waals surface area contributed by atoms with Crippen molar-refractivity contribution in [2.24, 2.45) is 5.92 Å². The monoisotopic (exact) mass is 234 g/mol. The SMILES string of the molecule is CC(C#N)CNC1CCc2cc(Cl)ccc21. The number of hydrogen-bond acceptors (Lipinski definition) is 2. The molecule has 0 saturated heterocycles. The minimum absolute atomic E-state index is 0.0661. The smallest absolute Gasteiger partial charge is 0.0666 e. The Labute approximate surface area is 101 Å². The Morgan fingerprint density at radius 1 is 1.62 bits per heavy atom. The van der Waals surface area contributed by atoms with Crippen molar-refractivity contribution in [1.82, 2.24) is 5.32 Å². The molecule has 0 spiro atoms. The fraction of sp³-hybridized carbons (Fsp3) is 0.462. The molecule has 2 nitrogen and oxygen atoms in total. The van der Waals surface area contributed by atoms with E-state index in [0.717, 1.165) is 24.4 Å². The van der Waals surface area contributed by atoms with Crippen molar-refractivity contribution in [3.63, 3.8) is 0 Å². The lowest BCUT2D eigenvalue weighted by atomic mass is 10.1. The quantitative estimate of drug-likeness (QED) is 0.873. The molecule has 84 valence electrons. The van der Waals surface area contributed by atoms with Gasteiger partial charge in [0.15, 0.2) is 0 Å². The van der Waals surface area contributed by atoms with Crippen molar-refractivity contribution in [3.05, 3.63) is 34.3 Å². The van der Waals surface area contributed by atoms with E-state index in [1.807, 2.05) is 19.1 Å². The van der Waals surface area contributed by atoms with Crippen molar-refractivity contribution in [2.75, 3.05) is 6.54 Å². The standard InChI is InChI=1S/C13H15ClN2/c1-9(7-15)8-16-13-5-2-10-6-11(14)3-4-12(10)13/h3-4,6,9,13,16H,2,5,8H2,1H3. The molecule has 3 heteroatoms. The Balaban J connectivity index is 2.04. The predicted molar refractivity (Wildman–Crippen MR) is 65.3 cm³/mol. The molecular weight excluding hydrogens is 220 g/mol. The van der Waals surface area contributed by atoms with Gasteiger partial charge in [-0.1, -0.05) is 17.7 Å². The van der Waals surface area contributed by atoms with Gasteiger partial charge in [0.2, 0.25) is 0 Å². The zero-order valence-corrected chi connectivity index (χ0v) is 10.1. The molecule has 1 aromatic rings. The van der Waals surface area contributed by atoms with Gasteiger partial charge in [-0.3, -0.25) is 0 Å². The molecule has 0 aliphatic heterocycles. The number of hydrogen-bond donors (Lipinski definition) is 1. The highest BCUT2D eigenvalue weighted by atomic mass is 35.5. The van der Waals surface area contributed by atoms with Gasteiger partial charge < -0.3 is 5.32 Å². The van der Waals surface area contributed by atoms with Crippen LogP contribution in [0, 0.1) is 17.2 Å². The summed E-state index contributed by atoms with van der Waals surface area (Å²) >= 11 is 5.96. The van der Waals surface area contributed by atoms with Gasteiger partial charge in [0.05, 0.1) is 12.0 Å². The summed E-state index contributed by atoms with van der Waals surface area (Å²) in [6.07, 6.45) is 2.18. The van der Waals surface area contributed by atoms with Crippen LogP contribution in [-0.2, 0) is 6.42 Å². The van der Waals surface area contributed by atoms with Crippen LogP contribution in [0.5, 0.6) is 0 Å². The molecule has 1 N–H and O–H groups in total. The number of fused-ring (bicyclic) bond motifs is 1. The number of benzene rings is 1. The molecule has 2 unspecified atom stereocenters. The summed E-state index contributed by atoms with van der Waals surface area (Å²) in [6.45, 7) is 2.69. The topological polar surface area (TPSA) is 35.8 Å². The van der Waals surface area contributed by atoms with Crippen LogP contribution in [0.3, 0.4) is 0 Å². The molecule has 1 aromatic carbocycles. The fourth-order valence-corrected chi connectivity index (χ4v) is 2.36. The van der Waals surface area contributed by atoms with E-state index in [1.165, 1.54) is 11.1 Å². The van der Waals surface area contributed by atoms with Crippen molar-refractivity contribution in [1.29, 1.82) is 5.26 Å². The molecule has 2 rings (SSSR count). The van der Waals surface area contributed by atoms with E-state index in [-0.39, 0.29) is 5.92 Å². The molecule has 2 atom stereocenters. The summed E-state index contributed by atoms with van der Waals surface area (Å²) in [6, 6.07) is 8.71. The second kappa shape index (κ2) is 4.86. The number of halogens is 1. The first-order valence-electron chi connectivity index (χ1n) is 5.62. The van der Waals surface area contributed by atoms with Crippen LogP contribution in [0.15, 0.2) is 18.2 Å². The van der Waals surface area contributed by atoms with Crippen LogP contribution in [0.2, 0.25) is 5.02 Å². The fourth-order valence-electron chi connectivity index (χ4n) is 2.16. The molecule has 0 amide bonds. The van der Waals surface area contributed by atoms with E-state index >= 15 is 0 Å². The number of nitriles is 1. The Hall–Kier alpha value is -1.04. The summed E-state index contributed by atoms with van der Waals surface area (Å²) in [5.74, 6) is 0.0661. The molecule has 1 aliphatic carbocycles. The van der Waals surface area contributed by atoms with Crippen molar-refractivity contribution in [3.8, 4) is 6.07 Å². The van der Waals surface area contributed by atoms with Crippen molar-refractivity contribution in [2.45, 2.75) is 25.8 Å². The summed E-state index contributed by atoms with van der Waals surface area (Å²) < 4.78 is 0. The van der Waals surface area contributed by atoms with Crippen LogP contribution in [0.4, 0.5) is 0 Å². The number of nitrogens with zero attached hydrogens (tertiary/aromatic N) is 1. The van der Waals surface area contributed by atoms with E-state index < -0.39 is 0 Å². The van der Waals surface area contributed by atoms with Gasteiger partial charge in [-0.25, -0.2) is 0 Å². The first-order valence-corrected chi connectivity index (χ1v) is 6.00. The maximum atomic E-state index is 8.73. The van der Waals surface area contributed by atoms with Crippen LogP contribution in [0.1, 0.15) is 30.5 Å². The number of rotatable bonds is 3. The van der Waals surface area contributed by atoms with Crippen LogP contribution >= 0.6 is 11.6 Å². The van der Waals surface area contributed by atoms with Crippen molar-refractivity contribution < 1.29 is 0 Å². The highest BCUT2D eigenvalue weighted by Crippen LogP contribution is 2.32. The summed E-state index contributed by atoms with van der Waals surface area (Å²) in [7, 11) is 0. The van der Waals surface area contributed by atoms with Gasteiger partial charge >= 0.3 is 0 Å². The Kier molecular flexibility index (Phi) is 3.48. The van der Waals surface area contributed by atoms with Gasteiger partial charge in [-0.2, -0.15) is 5.26 Å². The van der Waals surface area contributed by atoms with E-state index in [2.05, 4.69) is 17.5 Å². The van der Waals surface area contributed by atoms with Gasteiger partial charge in [0, 0.05) is 17.6 Å². The van der Waals surface area contributed by atoms with Crippen LogP contribution in [-0.4, -0.2) is 6.54 Å². The molecule has 0 radical (unpaired) electrons. The number of nitrogens with one attached hydrogen (secondary N) is 1. The predicted octanol–water partition coefficient (Wildman–Crippen LogP) is 3.08. The Bertz CT molecular complexity index is 422. The molecule has 0 fully saturated rings. The third-order valence-electron chi connectivity index (χ3n) is 3.07. The molecular formula is C13H15ClN2. The zero-order chi connectivity index (χ0) is 11.5. The minimum Gasteiger partial charge on any atom is -0.309 e. The molecule has 16 heavy (non-hydrogen) atoms. The van der Waals surface area contributed by atoms with Gasteiger partial charge in [0.1, 0.15) is 0 Å². The summed E-state index contributed by atoms with van der Waals surface area (Å²) in [4.78, 5) is 0. The summed E-state index contributed by atoms with van der Waals surface area (Å²) in [5.41, 5.74) is 2.68. The molecule has 0 aromatic heterocycles. The maximum absolute atomic E-state index is 8.73. The van der Waals surface area contributed by atoms with Crippen LogP contribution < -0.4 is 5.32 Å². The average Bonchev–Trinajstić information content (AvgIpc) is 2.68. The third-order valence-corrected chi connectivity index (χ3v) is 3.31. The van der Waals surface area contributed by atoms with Gasteiger partial charge in [-0.15, -0.1) is 0 Å². The normalized spacial score (nSPS) is 20.2. The second-order valence-electron chi connectivity index (χ2n) is 4.37. The van der Waals surface area contributed by atoms with Crippen LogP contribution in [0.25, 0.3) is 0 Å². The molecule has 1 aliphatic rings. The van der Waals surface area contributed by atoms with E-state index in [9.17, 15) is 0 Å². The number of aryl methyl sites for hydroxylation is 1. The van der Waals surface area contributed by atoms with Crippen molar-refractivity contribution >= 4 is 11.6 Å². The minimum atomic E-state index is 0.0661. The van der Waals surface area contributed by atoms with E-state index in [0.29, 0.717) is 6.04 Å². The molecule has 0 heterocycles. The third kappa shape index (κ3) is 2.37. The average molecular weight is 235 g/mol. The highest BCUT2D eigenvalue weighted by Gasteiger charge is 2.22. The van der Waals surface area contributed by atoms with Gasteiger partial charge in [-0.05, 0) is 43.0 Å². The molecule has 0 saturated carbocycles. The Morgan fingerprint density at radius 3 is 3.19 bits per heavy atom. The summed E-state index contributed by atoms with van der Waals surface area (Å²) in [5, 5.41) is 13.0. The molecule has 0 bridgehead atoms. The first-order chi connectivity index (χ1) is 7.70. The van der Waals surface area contributed by atoms with Gasteiger partial charge in [0.25, 0.3) is 0 Å². The van der Waals surface area contributed by atoms with E-state index in [4.69, 9.17) is 16.9 Å². The largest absolute Gasteiger partial charge is 0.309 e. The Morgan fingerprint density at radius 2 is 2.44 bits per heavy atom. The first kappa shape index (κ1) is 11.4. The highest BCUT2D eigenvalue weighted by molar-refractivity contribution is 6.30. The van der Waals surface area contributed by atoms with E-state index in [1.54, 1.807) is 0 Å². The maximum Gasteiger partial charge on any atom is 0.0666 e. The lowest BCUT2D eigenvalue weighted by Gasteiger charge is -2.14. The lowest BCUT2D eigenvalue weighted by Crippen LogP contribution is -2.24. The lowest BCUT2D eigenvalue weighted by molar-refractivity contribution is 0.497. The zero-order valence-electron chi connectivity index (χ0n) is 9.33. The second-order valence-corrected chi connectivity index (χ2v) is 4.81.